The number of phosphoric acid groups is 2. The molecule has 2 saturated heterocycles. The molecule has 8 N–H and O–H groups in total. The summed E-state index contributed by atoms with van der Waals surface area (Å²) < 4.78 is 46.5. The number of hydrogen-bond acceptors (Lipinski definition) is 12. The molecular formula is C19H27N5O14P2. The molecule has 2 aliphatic heterocycles. The van der Waals surface area contributed by atoms with Gasteiger partial charge in [-0.3, -0.25) is 28.0 Å². The van der Waals surface area contributed by atoms with Crippen molar-refractivity contribution in [2.45, 2.75) is 56.6 Å². The number of ether oxygens (including phenoxy) is 2. The van der Waals surface area contributed by atoms with E-state index in [1.165, 1.54) is 25.4 Å². The minimum absolute atomic E-state index is 0.0962. The molecule has 0 saturated carbocycles. The van der Waals surface area contributed by atoms with Crippen LogP contribution in [-0.2, 0) is 27.7 Å². The van der Waals surface area contributed by atoms with Gasteiger partial charge >= 0.3 is 27.0 Å². The van der Waals surface area contributed by atoms with E-state index in [2.05, 4.69) is 14.5 Å². The van der Waals surface area contributed by atoms with Crippen LogP contribution in [0.15, 0.2) is 32.8 Å². The molecule has 4 heterocycles. The van der Waals surface area contributed by atoms with Crippen molar-refractivity contribution in [1.82, 2.24) is 19.1 Å². The number of aromatic nitrogens is 4. The molecule has 2 fully saturated rings. The first-order valence-corrected chi connectivity index (χ1v) is 14.7. The van der Waals surface area contributed by atoms with Crippen LogP contribution in [0.2, 0.25) is 0 Å². The zero-order chi connectivity index (χ0) is 29.6. The molecule has 0 spiro atoms. The largest absolute Gasteiger partial charge is 0.469 e. The summed E-state index contributed by atoms with van der Waals surface area (Å²) in [7, 11) is -10.4. The van der Waals surface area contributed by atoms with Crippen LogP contribution < -0.4 is 22.7 Å². The normalized spacial score (nSPS) is 28.1. The van der Waals surface area contributed by atoms with E-state index in [1.807, 2.05) is 0 Å². The van der Waals surface area contributed by atoms with Gasteiger partial charge in [0.15, 0.2) is 0 Å². The summed E-state index contributed by atoms with van der Waals surface area (Å²) in [5.74, 6) is -1.30. The van der Waals surface area contributed by atoms with Crippen molar-refractivity contribution in [2.24, 2.45) is 5.92 Å². The third-order valence-corrected chi connectivity index (χ3v) is 7.45. The van der Waals surface area contributed by atoms with E-state index < -0.39 is 82.0 Å². The number of nitrogens with one attached hydrogen (secondary N) is 1. The zero-order valence-corrected chi connectivity index (χ0v) is 22.4. The highest BCUT2D eigenvalue weighted by molar-refractivity contribution is 7.46. The maximum absolute atomic E-state index is 12.4. The lowest BCUT2D eigenvalue weighted by Gasteiger charge is -2.32. The van der Waals surface area contributed by atoms with Gasteiger partial charge < -0.3 is 39.9 Å². The molecule has 19 nitrogen and oxygen atoms in total. The second-order valence-electron chi connectivity index (χ2n) is 9.25. The second kappa shape index (κ2) is 11.4. The fourth-order valence-corrected chi connectivity index (χ4v) is 5.66. The molecule has 40 heavy (non-hydrogen) atoms. The Morgan fingerprint density at radius 3 is 2.42 bits per heavy atom. The highest BCUT2D eigenvalue weighted by atomic mass is 31.2. The van der Waals surface area contributed by atoms with E-state index in [9.17, 15) is 48.2 Å². The summed E-state index contributed by atoms with van der Waals surface area (Å²) >= 11 is 0. The highest BCUT2D eigenvalue weighted by Crippen LogP contribution is 2.49. The highest BCUT2D eigenvalue weighted by Gasteiger charge is 2.52. The topological polar surface area (TPSA) is 288 Å². The third-order valence-electron chi connectivity index (χ3n) is 6.45. The molecule has 0 bridgehead atoms. The van der Waals surface area contributed by atoms with Crippen molar-refractivity contribution in [3.8, 4) is 0 Å². The average Bonchev–Trinajstić information content (AvgIpc) is 3.41. The Hall–Kier alpha value is -2.54. The predicted molar refractivity (Wildman–Crippen MR) is 130 cm³/mol. The number of nitrogen functional groups attached to an aromatic ring is 1. The van der Waals surface area contributed by atoms with Gasteiger partial charge in [-0.15, -0.1) is 0 Å². The summed E-state index contributed by atoms with van der Waals surface area (Å²) in [6.07, 6.45) is -6.55. The van der Waals surface area contributed by atoms with Gasteiger partial charge in [0.25, 0.3) is 5.56 Å². The standard InChI is InChI=1S/C19H27N5O14P2/c1-8-6-24(19(28)22-17(8)26)14-5-10(25)16(37-14)15(38-40(32,33)34)9-4-13(23-3-2-12(20)21-18(23)27)36-11(9)7-35-39(29,30)31/h2-3,6,9-11,13-16,25H,4-5,7H2,1H3,(H2,20,21,27)(H,22,26,28)(H2,29,30,31)(H2,32,33,34). The van der Waals surface area contributed by atoms with Crippen LogP contribution in [0, 0.1) is 12.8 Å². The van der Waals surface area contributed by atoms with Gasteiger partial charge in [-0.2, -0.15) is 4.98 Å². The lowest BCUT2D eigenvalue weighted by Crippen LogP contribution is -2.45. The van der Waals surface area contributed by atoms with Crippen LogP contribution in [-0.4, -0.2) is 74.8 Å². The zero-order valence-electron chi connectivity index (χ0n) is 20.6. The fraction of sp³-hybridized carbons (Fsp3) is 0.579. The van der Waals surface area contributed by atoms with Crippen molar-refractivity contribution >= 4 is 21.5 Å². The number of hydrogen-bond donors (Lipinski definition) is 7. The number of aromatic amines is 1. The molecule has 2 aromatic heterocycles. The lowest BCUT2D eigenvalue weighted by molar-refractivity contribution is -0.112. The molecular weight excluding hydrogens is 584 g/mol. The number of aliphatic hydroxyl groups is 1. The minimum Gasteiger partial charge on any atom is -0.390 e. The van der Waals surface area contributed by atoms with Crippen molar-refractivity contribution in [3.63, 3.8) is 0 Å². The Kier molecular flexibility index (Phi) is 8.66. The van der Waals surface area contributed by atoms with Crippen LogP contribution in [0.25, 0.3) is 0 Å². The van der Waals surface area contributed by atoms with Crippen LogP contribution >= 0.6 is 15.6 Å². The van der Waals surface area contributed by atoms with Crippen LogP contribution in [0.1, 0.15) is 30.9 Å². The van der Waals surface area contributed by atoms with Crippen molar-refractivity contribution in [1.29, 1.82) is 0 Å². The van der Waals surface area contributed by atoms with Crippen LogP contribution in [0.3, 0.4) is 0 Å². The summed E-state index contributed by atoms with van der Waals surface area (Å²) in [6, 6.07) is 1.28. The lowest BCUT2D eigenvalue weighted by atomic mass is 9.89. The Balaban J connectivity index is 1.70. The molecule has 0 amide bonds. The molecule has 222 valence electrons. The van der Waals surface area contributed by atoms with Crippen molar-refractivity contribution < 1.29 is 52.3 Å². The number of phosphoric ester groups is 2. The third kappa shape index (κ3) is 7.02. The average molecular weight is 611 g/mol. The van der Waals surface area contributed by atoms with Gasteiger partial charge in [-0.25, -0.2) is 18.7 Å². The molecule has 4 rings (SSSR count). The van der Waals surface area contributed by atoms with E-state index in [0.29, 0.717) is 0 Å². The summed E-state index contributed by atoms with van der Waals surface area (Å²) in [6.45, 7) is 0.612. The number of aryl methyl sites for hydroxylation is 1. The van der Waals surface area contributed by atoms with Crippen molar-refractivity contribution in [2.75, 3.05) is 12.3 Å². The molecule has 2 aromatic rings. The molecule has 2 aliphatic rings. The van der Waals surface area contributed by atoms with Crippen molar-refractivity contribution in [3.05, 3.63) is 55.3 Å². The molecule has 0 aliphatic carbocycles. The number of H-pyrrole nitrogens is 1. The first kappa shape index (κ1) is 30.4. The maximum Gasteiger partial charge on any atom is 0.469 e. The van der Waals surface area contributed by atoms with E-state index in [4.69, 9.17) is 19.7 Å². The fourth-order valence-electron chi connectivity index (χ4n) is 4.73. The van der Waals surface area contributed by atoms with Gasteiger partial charge in [0.05, 0.1) is 18.8 Å². The van der Waals surface area contributed by atoms with Gasteiger partial charge in [0.1, 0.15) is 30.5 Å². The van der Waals surface area contributed by atoms with Gasteiger partial charge in [-0.1, -0.05) is 0 Å². The molecule has 7 unspecified atom stereocenters. The van der Waals surface area contributed by atoms with Crippen LogP contribution in [0.5, 0.6) is 0 Å². The number of nitrogens with two attached hydrogens (primary N) is 1. The Morgan fingerprint density at radius 2 is 1.80 bits per heavy atom. The van der Waals surface area contributed by atoms with E-state index >= 15 is 0 Å². The first-order chi connectivity index (χ1) is 18.5. The summed E-state index contributed by atoms with van der Waals surface area (Å²) in [5.41, 5.74) is 3.30. The number of nitrogens with zero attached hydrogens (tertiary/aromatic N) is 3. The minimum atomic E-state index is -5.31. The SMILES string of the molecule is Cc1cn(C2CC(O)C(C(OP(=O)(O)O)C3CC(n4ccc(N)nc4=O)OC3COP(=O)(O)O)O2)c(=O)[nH]c1=O. The number of aliphatic hydroxyl groups excluding tert-OH is 1. The Labute approximate surface area is 223 Å². The molecule has 0 radical (unpaired) electrons. The van der Waals surface area contributed by atoms with Crippen LogP contribution in [0.4, 0.5) is 5.82 Å². The van der Waals surface area contributed by atoms with Gasteiger partial charge in [0, 0.05) is 36.7 Å². The first-order valence-electron chi connectivity index (χ1n) is 11.6. The van der Waals surface area contributed by atoms with E-state index in [-0.39, 0.29) is 24.2 Å². The Bertz CT molecular complexity index is 1510. The van der Waals surface area contributed by atoms with Gasteiger partial charge in [0.2, 0.25) is 0 Å². The summed E-state index contributed by atoms with van der Waals surface area (Å²) in [4.78, 5) is 79.9. The van der Waals surface area contributed by atoms with E-state index in [1.54, 1.807) is 0 Å². The second-order valence-corrected chi connectivity index (χ2v) is 11.7. The maximum atomic E-state index is 12.4. The predicted octanol–water partition coefficient (Wildman–Crippen LogP) is -2.18. The van der Waals surface area contributed by atoms with E-state index in [0.717, 1.165) is 9.13 Å². The molecule has 7 atom stereocenters. The Morgan fingerprint density at radius 1 is 1.12 bits per heavy atom. The number of anilines is 1. The molecule has 21 heteroatoms. The number of rotatable bonds is 9. The quantitative estimate of drug-likeness (QED) is 0.148. The molecule has 0 aromatic carbocycles. The van der Waals surface area contributed by atoms with Gasteiger partial charge in [-0.05, 0) is 13.0 Å². The smallest absolute Gasteiger partial charge is 0.390 e. The summed E-state index contributed by atoms with van der Waals surface area (Å²) in [5, 5.41) is 10.8. The monoisotopic (exact) mass is 611 g/mol.